The Bertz CT molecular complexity index is 408. The zero-order valence-corrected chi connectivity index (χ0v) is 10.7. The molecule has 88 valence electrons. The van der Waals surface area contributed by atoms with Crippen LogP contribution >= 0.6 is 0 Å². The molecule has 0 aliphatic carbocycles. The van der Waals surface area contributed by atoms with E-state index >= 15 is 0 Å². The van der Waals surface area contributed by atoms with Crippen molar-refractivity contribution in [1.82, 2.24) is 4.57 Å². The maximum Gasteiger partial charge on any atom is 0.122 e. The summed E-state index contributed by atoms with van der Waals surface area (Å²) in [7, 11) is 0. The molecule has 1 aromatic rings. The van der Waals surface area contributed by atoms with Gasteiger partial charge in [-0.25, -0.2) is 0 Å². The van der Waals surface area contributed by atoms with Crippen molar-refractivity contribution >= 4 is 5.82 Å². The molecular formula is C13H21N3. The molecule has 0 amide bonds. The summed E-state index contributed by atoms with van der Waals surface area (Å²) in [5.74, 6) is 1.34. The summed E-state index contributed by atoms with van der Waals surface area (Å²) in [5, 5.41) is 9.01. The highest BCUT2D eigenvalue weighted by molar-refractivity contribution is 5.57. The predicted molar refractivity (Wildman–Crippen MR) is 67.1 cm³/mol. The molecular weight excluding hydrogens is 198 g/mol. The average molecular weight is 219 g/mol. The molecule has 3 heteroatoms. The summed E-state index contributed by atoms with van der Waals surface area (Å²) in [4.78, 5) is 0. The molecule has 3 nitrogen and oxygen atoms in total. The van der Waals surface area contributed by atoms with Gasteiger partial charge in [0.2, 0.25) is 0 Å². The summed E-state index contributed by atoms with van der Waals surface area (Å²) < 4.78 is 2.07. The Kier molecular flexibility index (Phi) is 4.00. The molecule has 1 aromatic heterocycles. The van der Waals surface area contributed by atoms with Gasteiger partial charge in [0.25, 0.3) is 0 Å². The number of nitrogens with two attached hydrogens (primary N) is 1. The number of aromatic nitrogens is 1. The number of nitrogen functional groups attached to an aromatic ring is 1. The third-order valence-electron chi connectivity index (χ3n) is 3.14. The summed E-state index contributed by atoms with van der Waals surface area (Å²) in [6.45, 7) is 9.35. The van der Waals surface area contributed by atoms with E-state index in [4.69, 9.17) is 11.0 Å². The van der Waals surface area contributed by atoms with Crippen molar-refractivity contribution in [2.45, 2.75) is 47.1 Å². The molecule has 0 saturated heterocycles. The highest BCUT2D eigenvalue weighted by Gasteiger charge is 2.14. The molecule has 2 N–H and O–H groups in total. The second-order valence-corrected chi connectivity index (χ2v) is 4.77. The van der Waals surface area contributed by atoms with Crippen molar-refractivity contribution in [3.05, 3.63) is 16.8 Å². The fourth-order valence-electron chi connectivity index (χ4n) is 1.98. The average Bonchev–Trinajstić information content (AvgIpc) is 2.41. The van der Waals surface area contributed by atoms with E-state index in [0.29, 0.717) is 17.3 Å². The first-order valence-corrected chi connectivity index (χ1v) is 5.84. The molecule has 0 aliphatic heterocycles. The quantitative estimate of drug-likeness (QED) is 0.846. The molecule has 16 heavy (non-hydrogen) atoms. The van der Waals surface area contributed by atoms with Gasteiger partial charge in [0, 0.05) is 12.2 Å². The summed E-state index contributed by atoms with van der Waals surface area (Å²) >= 11 is 0. The van der Waals surface area contributed by atoms with Crippen LogP contribution in [0.1, 0.15) is 43.5 Å². The maximum absolute atomic E-state index is 9.01. The number of hydrogen-bond acceptors (Lipinski definition) is 2. The lowest BCUT2D eigenvalue weighted by Crippen LogP contribution is -2.06. The SMILES string of the molecule is Cc1c(C#N)c(N)n(CCCC(C)C)c1C. The molecule has 0 aliphatic rings. The first-order chi connectivity index (χ1) is 7.49. The Morgan fingerprint density at radius 2 is 2.00 bits per heavy atom. The fourth-order valence-corrected chi connectivity index (χ4v) is 1.98. The van der Waals surface area contributed by atoms with E-state index in [9.17, 15) is 0 Å². The van der Waals surface area contributed by atoms with Crippen LogP contribution in [0.4, 0.5) is 5.82 Å². The van der Waals surface area contributed by atoms with Gasteiger partial charge in [-0.05, 0) is 38.2 Å². The van der Waals surface area contributed by atoms with Crippen molar-refractivity contribution in [1.29, 1.82) is 5.26 Å². The topological polar surface area (TPSA) is 54.7 Å². The van der Waals surface area contributed by atoms with E-state index in [1.807, 2.05) is 13.8 Å². The lowest BCUT2D eigenvalue weighted by molar-refractivity contribution is 0.511. The molecule has 0 saturated carbocycles. The van der Waals surface area contributed by atoms with E-state index in [0.717, 1.165) is 24.2 Å². The van der Waals surface area contributed by atoms with Crippen molar-refractivity contribution in [2.24, 2.45) is 5.92 Å². The van der Waals surface area contributed by atoms with Crippen LogP contribution in [0, 0.1) is 31.1 Å². The minimum absolute atomic E-state index is 0.626. The molecule has 0 fully saturated rings. The highest BCUT2D eigenvalue weighted by atomic mass is 15.1. The molecule has 1 rings (SSSR count). The van der Waals surface area contributed by atoms with Crippen molar-refractivity contribution in [3.8, 4) is 6.07 Å². The molecule has 1 heterocycles. The number of hydrogen-bond donors (Lipinski definition) is 1. The second-order valence-electron chi connectivity index (χ2n) is 4.77. The Hall–Kier alpha value is -1.43. The Morgan fingerprint density at radius 3 is 2.44 bits per heavy atom. The zero-order valence-electron chi connectivity index (χ0n) is 10.7. The van der Waals surface area contributed by atoms with E-state index in [1.54, 1.807) is 0 Å². The van der Waals surface area contributed by atoms with Gasteiger partial charge >= 0.3 is 0 Å². The first kappa shape index (κ1) is 12.6. The van der Waals surface area contributed by atoms with Crippen LogP contribution in [0.15, 0.2) is 0 Å². The van der Waals surface area contributed by atoms with E-state index < -0.39 is 0 Å². The van der Waals surface area contributed by atoms with Gasteiger partial charge in [-0.3, -0.25) is 0 Å². The summed E-state index contributed by atoms with van der Waals surface area (Å²) in [6.07, 6.45) is 2.31. The fraction of sp³-hybridized carbons (Fsp3) is 0.615. The lowest BCUT2D eigenvalue weighted by atomic mass is 10.1. The smallest absolute Gasteiger partial charge is 0.122 e. The minimum Gasteiger partial charge on any atom is -0.384 e. The van der Waals surface area contributed by atoms with Crippen LogP contribution < -0.4 is 5.73 Å². The number of anilines is 1. The minimum atomic E-state index is 0.626. The van der Waals surface area contributed by atoms with Gasteiger partial charge in [0.15, 0.2) is 0 Å². The zero-order chi connectivity index (χ0) is 12.3. The Balaban J connectivity index is 2.85. The summed E-state index contributed by atoms with van der Waals surface area (Å²) in [6, 6.07) is 2.18. The number of nitriles is 1. The van der Waals surface area contributed by atoms with Gasteiger partial charge in [-0.15, -0.1) is 0 Å². The normalized spacial score (nSPS) is 10.8. The van der Waals surface area contributed by atoms with Crippen molar-refractivity contribution in [2.75, 3.05) is 5.73 Å². The Labute approximate surface area is 97.9 Å². The maximum atomic E-state index is 9.01. The monoisotopic (exact) mass is 219 g/mol. The third-order valence-corrected chi connectivity index (χ3v) is 3.14. The molecule has 0 aromatic carbocycles. The highest BCUT2D eigenvalue weighted by Crippen LogP contribution is 2.24. The van der Waals surface area contributed by atoms with Gasteiger partial charge in [0.1, 0.15) is 11.9 Å². The molecule has 0 radical (unpaired) electrons. The van der Waals surface area contributed by atoms with Gasteiger partial charge < -0.3 is 10.3 Å². The van der Waals surface area contributed by atoms with Crippen molar-refractivity contribution < 1.29 is 0 Å². The van der Waals surface area contributed by atoms with Gasteiger partial charge in [0.05, 0.1) is 5.56 Å². The van der Waals surface area contributed by atoms with Crippen LogP contribution in [0.2, 0.25) is 0 Å². The first-order valence-electron chi connectivity index (χ1n) is 5.84. The van der Waals surface area contributed by atoms with Crippen LogP contribution in [0.3, 0.4) is 0 Å². The standard InChI is InChI=1S/C13H21N3/c1-9(2)6-5-7-16-11(4)10(3)12(8-14)13(16)15/h9H,5-7,15H2,1-4H3. The molecule has 0 bridgehead atoms. The van der Waals surface area contributed by atoms with Crippen LogP contribution in [0.25, 0.3) is 0 Å². The third kappa shape index (κ3) is 2.38. The largest absolute Gasteiger partial charge is 0.384 e. The van der Waals surface area contributed by atoms with Crippen LogP contribution in [-0.2, 0) is 6.54 Å². The van der Waals surface area contributed by atoms with Crippen LogP contribution in [-0.4, -0.2) is 4.57 Å². The number of nitrogens with zero attached hydrogens (tertiary/aromatic N) is 2. The predicted octanol–water partition coefficient (Wildman–Crippen LogP) is 3.00. The summed E-state index contributed by atoms with van der Waals surface area (Å²) in [5.41, 5.74) is 8.75. The van der Waals surface area contributed by atoms with Crippen molar-refractivity contribution in [3.63, 3.8) is 0 Å². The molecule has 0 unspecified atom stereocenters. The van der Waals surface area contributed by atoms with E-state index in [2.05, 4.69) is 24.5 Å². The van der Waals surface area contributed by atoms with Gasteiger partial charge in [-0.2, -0.15) is 5.26 Å². The van der Waals surface area contributed by atoms with E-state index in [1.165, 1.54) is 6.42 Å². The lowest BCUT2D eigenvalue weighted by Gasteiger charge is -2.10. The Morgan fingerprint density at radius 1 is 1.38 bits per heavy atom. The molecule has 0 spiro atoms. The van der Waals surface area contributed by atoms with E-state index in [-0.39, 0.29) is 0 Å². The second kappa shape index (κ2) is 5.07. The van der Waals surface area contributed by atoms with Gasteiger partial charge in [-0.1, -0.05) is 13.8 Å². The van der Waals surface area contributed by atoms with Crippen LogP contribution in [0.5, 0.6) is 0 Å². The number of rotatable bonds is 4. The molecule has 0 atom stereocenters.